The topological polar surface area (TPSA) is 77.1 Å². The van der Waals surface area contributed by atoms with Crippen LogP contribution in [0.15, 0.2) is 48.4 Å². The summed E-state index contributed by atoms with van der Waals surface area (Å²) in [5.41, 5.74) is 2.10. The van der Waals surface area contributed by atoms with Gasteiger partial charge in [0.25, 0.3) is 5.91 Å². The van der Waals surface area contributed by atoms with Gasteiger partial charge in [0.15, 0.2) is 10.8 Å². The minimum Gasteiger partial charge on any atom is -0.344 e. The van der Waals surface area contributed by atoms with E-state index in [4.69, 9.17) is 0 Å². The Bertz CT molecular complexity index is 1000. The summed E-state index contributed by atoms with van der Waals surface area (Å²) in [5.74, 6) is 0.505. The van der Waals surface area contributed by atoms with Gasteiger partial charge in [0, 0.05) is 24.0 Å². The lowest BCUT2D eigenvalue weighted by Gasteiger charge is -2.11. The molecule has 0 spiro atoms. The predicted molar refractivity (Wildman–Crippen MR) is 95.0 cm³/mol. The van der Waals surface area contributed by atoms with E-state index in [1.54, 1.807) is 28.4 Å². The summed E-state index contributed by atoms with van der Waals surface area (Å²) >= 11 is 1.56. The molecule has 0 aliphatic rings. The minimum absolute atomic E-state index is 0.177. The molecule has 7 nitrogen and oxygen atoms in total. The monoisotopic (exact) mass is 352 g/mol. The van der Waals surface area contributed by atoms with Crippen LogP contribution in [0.1, 0.15) is 34.7 Å². The molecule has 0 aromatic carbocycles. The highest BCUT2D eigenvalue weighted by Gasteiger charge is 2.19. The molecule has 0 aliphatic heterocycles. The fourth-order valence-electron chi connectivity index (χ4n) is 2.65. The number of thiazole rings is 1. The molecule has 4 aromatic heterocycles. The first-order valence-corrected chi connectivity index (χ1v) is 8.70. The zero-order chi connectivity index (χ0) is 17.4. The van der Waals surface area contributed by atoms with Gasteiger partial charge in [-0.1, -0.05) is 6.07 Å². The molecule has 1 N–H and O–H groups in total. The maximum atomic E-state index is 12.6. The number of imidazole rings is 1. The lowest BCUT2D eigenvalue weighted by atomic mass is 10.2. The molecular weight excluding hydrogens is 336 g/mol. The Balaban J connectivity index is 1.55. The minimum atomic E-state index is -0.197. The lowest BCUT2D eigenvalue weighted by molar-refractivity contribution is 0.0938. The van der Waals surface area contributed by atoms with E-state index in [2.05, 4.69) is 20.4 Å². The second kappa shape index (κ2) is 6.14. The highest BCUT2D eigenvalue weighted by Crippen LogP contribution is 2.18. The largest absolute Gasteiger partial charge is 0.344 e. The van der Waals surface area contributed by atoms with Crippen molar-refractivity contribution in [2.24, 2.45) is 0 Å². The van der Waals surface area contributed by atoms with Crippen molar-refractivity contribution >= 4 is 22.2 Å². The Labute approximate surface area is 148 Å². The van der Waals surface area contributed by atoms with Crippen LogP contribution >= 0.6 is 11.3 Å². The van der Waals surface area contributed by atoms with Crippen molar-refractivity contribution in [3.05, 3.63) is 65.3 Å². The number of rotatable bonds is 4. The third-order valence-electron chi connectivity index (χ3n) is 4.02. The second-order valence-electron chi connectivity index (χ2n) is 5.70. The van der Waals surface area contributed by atoms with Gasteiger partial charge < -0.3 is 5.32 Å². The van der Waals surface area contributed by atoms with E-state index in [1.165, 1.54) is 0 Å². The van der Waals surface area contributed by atoms with Gasteiger partial charge in [-0.05, 0) is 26.0 Å². The summed E-state index contributed by atoms with van der Waals surface area (Å²) in [6.07, 6.45) is 7.15. The highest BCUT2D eigenvalue weighted by atomic mass is 32.1. The Morgan fingerprint density at radius 3 is 3.00 bits per heavy atom. The van der Waals surface area contributed by atoms with E-state index in [1.807, 2.05) is 54.2 Å². The van der Waals surface area contributed by atoms with Gasteiger partial charge in [-0.15, -0.1) is 11.3 Å². The predicted octanol–water partition coefficient (Wildman–Crippen LogP) is 2.78. The molecule has 0 bridgehead atoms. The van der Waals surface area contributed by atoms with Crippen molar-refractivity contribution in [3.63, 3.8) is 0 Å². The Kier molecular flexibility index (Phi) is 3.81. The quantitative estimate of drug-likeness (QED) is 0.613. The molecule has 126 valence electrons. The van der Waals surface area contributed by atoms with Crippen molar-refractivity contribution in [3.8, 4) is 5.82 Å². The SMILES string of the molecule is Cc1c(C(=O)NC(C)c2cn3ccsc3n2)cnn1-c1ccccn1. The van der Waals surface area contributed by atoms with Gasteiger partial charge in [-0.2, -0.15) is 5.10 Å². The van der Waals surface area contributed by atoms with Crippen LogP contribution in [-0.4, -0.2) is 30.1 Å². The number of carbonyl (C=O) groups is 1. The standard InChI is InChI=1S/C17H16N6OS/c1-11(14-10-22-7-8-25-17(22)21-14)20-16(24)13-9-19-23(12(13)2)15-5-3-4-6-18-15/h3-11H,1-2H3,(H,20,24). The summed E-state index contributed by atoms with van der Waals surface area (Å²) in [4.78, 5) is 22.3. The first-order chi connectivity index (χ1) is 12.1. The van der Waals surface area contributed by atoms with E-state index in [0.29, 0.717) is 11.4 Å². The summed E-state index contributed by atoms with van der Waals surface area (Å²) in [7, 11) is 0. The lowest BCUT2D eigenvalue weighted by Crippen LogP contribution is -2.27. The van der Waals surface area contributed by atoms with Crippen LogP contribution < -0.4 is 5.32 Å². The number of hydrogen-bond donors (Lipinski definition) is 1. The van der Waals surface area contributed by atoms with Crippen LogP contribution in [-0.2, 0) is 0 Å². The molecule has 1 atom stereocenters. The van der Waals surface area contributed by atoms with Gasteiger partial charge in [0.05, 0.1) is 29.2 Å². The molecule has 1 amide bonds. The smallest absolute Gasteiger partial charge is 0.255 e. The number of amides is 1. The highest BCUT2D eigenvalue weighted by molar-refractivity contribution is 7.15. The average molecular weight is 352 g/mol. The van der Waals surface area contributed by atoms with E-state index < -0.39 is 0 Å². The van der Waals surface area contributed by atoms with E-state index in [9.17, 15) is 4.79 Å². The third kappa shape index (κ3) is 2.80. The molecule has 8 heteroatoms. The van der Waals surface area contributed by atoms with Crippen molar-refractivity contribution in [2.45, 2.75) is 19.9 Å². The van der Waals surface area contributed by atoms with Gasteiger partial charge in [0.1, 0.15) is 0 Å². The molecule has 0 aliphatic carbocycles. The molecule has 25 heavy (non-hydrogen) atoms. The molecule has 0 fully saturated rings. The third-order valence-corrected chi connectivity index (χ3v) is 4.79. The normalized spacial score (nSPS) is 12.4. The zero-order valence-electron chi connectivity index (χ0n) is 13.7. The maximum Gasteiger partial charge on any atom is 0.255 e. The number of pyridine rings is 1. The van der Waals surface area contributed by atoms with Crippen LogP contribution in [0.3, 0.4) is 0 Å². The Morgan fingerprint density at radius 2 is 2.24 bits per heavy atom. The van der Waals surface area contributed by atoms with Crippen LogP contribution in [0.4, 0.5) is 0 Å². The Hall–Kier alpha value is -3.00. The summed E-state index contributed by atoms with van der Waals surface area (Å²) in [5, 5.41) is 9.25. The summed E-state index contributed by atoms with van der Waals surface area (Å²) in [6, 6.07) is 5.38. The maximum absolute atomic E-state index is 12.6. The second-order valence-corrected chi connectivity index (χ2v) is 6.57. The zero-order valence-corrected chi connectivity index (χ0v) is 14.6. The number of hydrogen-bond acceptors (Lipinski definition) is 5. The molecule has 0 saturated carbocycles. The van der Waals surface area contributed by atoms with Gasteiger partial charge in [-0.3, -0.25) is 9.20 Å². The first kappa shape index (κ1) is 15.5. The van der Waals surface area contributed by atoms with E-state index >= 15 is 0 Å². The van der Waals surface area contributed by atoms with Crippen LogP contribution in [0.2, 0.25) is 0 Å². The molecular formula is C17H16N6OS. The molecule has 4 rings (SSSR count). The molecule has 0 saturated heterocycles. The average Bonchev–Trinajstić information content (AvgIpc) is 3.29. The molecule has 4 aromatic rings. The van der Waals surface area contributed by atoms with Crippen LogP contribution in [0.25, 0.3) is 10.8 Å². The van der Waals surface area contributed by atoms with Crippen LogP contribution in [0.5, 0.6) is 0 Å². The molecule has 0 radical (unpaired) electrons. The van der Waals surface area contributed by atoms with E-state index in [-0.39, 0.29) is 11.9 Å². The van der Waals surface area contributed by atoms with Gasteiger partial charge in [-0.25, -0.2) is 14.6 Å². The van der Waals surface area contributed by atoms with Gasteiger partial charge >= 0.3 is 0 Å². The fraction of sp³-hybridized carbons (Fsp3) is 0.176. The summed E-state index contributed by atoms with van der Waals surface area (Å²) in [6.45, 7) is 3.77. The number of aromatic nitrogens is 5. The first-order valence-electron chi connectivity index (χ1n) is 7.82. The van der Waals surface area contributed by atoms with Crippen molar-refractivity contribution in [1.29, 1.82) is 0 Å². The number of fused-ring (bicyclic) bond motifs is 1. The number of nitrogens with one attached hydrogen (secondary N) is 1. The van der Waals surface area contributed by atoms with Crippen molar-refractivity contribution in [1.82, 2.24) is 29.5 Å². The van der Waals surface area contributed by atoms with Crippen molar-refractivity contribution < 1.29 is 4.79 Å². The number of nitrogens with zero attached hydrogens (tertiary/aromatic N) is 5. The van der Waals surface area contributed by atoms with Crippen LogP contribution in [0, 0.1) is 6.92 Å². The molecule has 1 unspecified atom stereocenters. The number of carbonyl (C=O) groups excluding carboxylic acids is 1. The van der Waals surface area contributed by atoms with E-state index in [0.717, 1.165) is 16.3 Å². The fourth-order valence-corrected chi connectivity index (χ4v) is 3.35. The Morgan fingerprint density at radius 1 is 1.36 bits per heavy atom. The molecule has 4 heterocycles. The van der Waals surface area contributed by atoms with Crippen molar-refractivity contribution in [2.75, 3.05) is 0 Å². The van der Waals surface area contributed by atoms with Gasteiger partial charge in [0.2, 0.25) is 0 Å². The summed E-state index contributed by atoms with van der Waals surface area (Å²) < 4.78 is 3.61.